The summed E-state index contributed by atoms with van der Waals surface area (Å²) in [6.07, 6.45) is 4.04. The molecule has 0 spiro atoms. The van der Waals surface area contributed by atoms with Crippen LogP contribution in [0.15, 0.2) is 30.3 Å². The van der Waals surface area contributed by atoms with Crippen molar-refractivity contribution in [3.63, 3.8) is 0 Å². The Hall–Kier alpha value is -1.68. The zero-order valence-electron chi connectivity index (χ0n) is 11.1. The van der Waals surface area contributed by atoms with E-state index in [1.807, 2.05) is 6.08 Å². The number of hydrogen-bond acceptors (Lipinski definition) is 2. The highest BCUT2D eigenvalue weighted by Gasteiger charge is 2.47. The standard InChI is InChI=1S/C16H17FO3/c17-13-5-2-10(3-6-13)14-7-12-4-1-11(14)8-16(12,20)9-15(18)19/h2-3,5-7,11-12,20H,1,4,8-9H2,(H,18,19). The van der Waals surface area contributed by atoms with E-state index in [1.54, 1.807) is 12.1 Å². The first kappa shape index (κ1) is 13.3. The number of fused-ring (bicyclic) bond motifs is 2. The molecule has 1 aromatic carbocycles. The molecule has 3 unspecified atom stereocenters. The molecule has 0 saturated heterocycles. The highest BCUT2D eigenvalue weighted by molar-refractivity contribution is 5.72. The highest BCUT2D eigenvalue weighted by atomic mass is 19.1. The molecule has 1 aromatic rings. The van der Waals surface area contributed by atoms with Crippen LogP contribution in [0.2, 0.25) is 0 Å². The van der Waals surface area contributed by atoms with Crippen molar-refractivity contribution < 1.29 is 19.4 Å². The summed E-state index contributed by atoms with van der Waals surface area (Å²) in [5.74, 6) is -1.19. The van der Waals surface area contributed by atoms with Gasteiger partial charge in [-0.15, -0.1) is 0 Å². The first-order chi connectivity index (χ1) is 9.48. The van der Waals surface area contributed by atoms with Gasteiger partial charge in [0.25, 0.3) is 0 Å². The van der Waals surface area contributed by atoms with Crippen molar-refractivity contribution in [3.05, 3.63) is 41.7 Å². The molecule has 3 nitrogen and oxygen atoms in total. The Labute approximate surface area is 116 Å². The molecule has 0 radical (unpaired) electrons. The van der Waals surface area contributed by atoms with E-state index in [1.165, 1.54) is 12.1 Å². The second kappa shape index (κ2) is 4.70. The summed E-state index contributed by atoms with van der Waals surface area (Å²) in [7, 11) is 0. The van der Waals surface area contributed by atoms with Gasteiger partial charge >= 0.3 is 5.97 Å². The molecule has 1 saturated carbocycles. The van der Waals surface area contributed by atoms with Gasteiger partial charge in [0.05, 0.1) is 12.0 Å². The number of carboxylic acids is 1. The van der Waals surface area contributed by atoms with Crippen molar-refractivity contribution in [2.24, 2.45) is 11.8 Å². The molecular formula is C16H17FO3. The smallest absolute Gasteiger partial charge is 0.306 e. The number of halogens is 1. The molecule has 0 aromatic heterocycles. The van der Waals surface area contributed by atoms with Gasteiger partial charge in [-0.2, -0.15) is 0 Å². The van der Waals surface area contributed by atoms with Gasteiger partial charge in [-0.3, -0.25) is 4.79 Å². The number of carbonyl (C=O) groups is 1. The average molecular weight is 276 g/mol. The molecular weight excluding hydrogens is 259 g/mol. The second-order valence-electron chi connectivity index (χ2n) is 5.89. The van der Waals surface area contributed by atoms with Crippen molar-refractivity contribution >= 4 is 11.5 Å². The predicted octanol–water partition coefficient (Wildman–Crippen LogP) is 2.84. The van der Waals surface area contributed by atoms with Crippen molar-refractivity contribution in [2.45, 2.75) is 31.3 Å². The Morgan fingerprint density at radius 3 is 2.55 bits per heavy atom. The quantitative estimate of drug-likeness (QED) is 0.892. The minimum atomic E-state index is -1.13. The number of allylic oxidation sites excluding steroid dienone is 1. The van der Waals surface area contributed by atoms with Crippen LogP contribution < -0.4 is 0 Å². The highest BCUT2D eigenvalue weighted by Crippen LogP contribution is 2.50. The van der Waals surface area contributed by atoms with Crippen LogP contribution in [0.4, 0.5) is 4.39 Å². The van der Waals surface area contributed by atoms with Crippen molar-refractivity contribution in [3.8, 4) is 0 Å². The second-order valence-corrected chi connectivity index (χ2v) is 5.89. The molecule has 2 bridgehead atoms. The van der Waals surface area contributed by atoms with Crippen LogP contribution >= 0.6 is 0 Å². The Morgan fingerprint density at radius 2 is 2.00 bits per heavy atom. The van der Waals surface area contributed by atoms with E-state index in [-0.39, 0.29) is 24.1 Å². The van der Waals surface area contributed by atoms with Gasteiger partial charge in [0.2, 0.25) is 0 Å². The minimum absolute atomic E-state index is 0.122. The maximum atomic E-state index is 13.0. The van der Waals surface area contributed by atoms with E-state index >= 15 is 0 Å². The SMILES string of the molecule is O=C(O)CC1(O)CC2CCC1C=C2c1ccc(F)cc1. The Balaban J connectivity index is 1.91. The molecule has 2 N–H and O–H groups in total. The summed E-state index contributed by atoms with van der Waals surface area (Å²) in [5, 5.41) is 19.5. The molecule has 0 amide bonds. The summed E-state index contributed by atoms with van der Waals surface area (Å²) in [6, 6.07) is 6.36. The fourth-order valence-electron chi connectivity index (χ4n) is 3.63. The molecule has 0 heterocycles. The van der Waals surface area contributed by atoms with E-state index in [2.05, 4.69) is 0 Å². The third-order valence-corrected chi connectivity index (χ3v) is 4.57. The first-order valence-corrected chi connectivity index (χ1v) is 6.90. The van der Waals surface area contributed by atoms with Crippen LogP contribution in [0.3, 0.4) is 0 Å². The van der Waals surface area contributed by atoms with E-state index in [0.29, 0.717) is 6.42 Å². The largest absolute Gasteiger partial charge is 0.481 e. The molecule has 20 heavy (non-hydrogen) atoms. The molecule has 4 heteroatoms. The van der Waals surface area contributed by atoms with Gasteiger partial charge in [0.15, 0.2) is 0 Å². The van der Waals surface area contributed by atoms with E-state index in [9.17, 15) is 14.3 Å². The van der Waals surface area contributed by atoms with Gasteiger partial charge in [-0.25, -0.2) is 4.39 Å². The lowest BCUT2D eigenvalue weighted by Crippen LogP contribution is -2.47. The van der Waals surface area contributed by atoms with E-state index in [0.717, 1.165) is 24.0 Å². The molecule has 3 aliphatic carbocycles. The molecule has 4 rings (SSSR count). The fraction of sp³-hybridized carbons (Fsp3) is 0.438. The Morgan fingerprint density at radius 1 is 1.30 bits per heavy atom. The number of aliphatic carboxylic acids is 1. The Bertz CT molecular complexity index is 564. The topological polar surface area (TPSA) is 57.5 Å². The zero-order chi connectivity index (χ0) is 14.3. The number of carboxylic acid groups (broad SMARTS) is 1. The van der Waals surface area contributed by atoms with Crippen LogP contribution in [0.5, 0.6) is 0 Å². The maximum Gasteiger partial charge on any atom is 0.306 e. The number of benzene rings is 1. The van der Waals surface area contributed by atoms with Gasteiger partial charge in [0.1, 0.15) is 5.82 Å². The molecule has 106 valence electrons. The minimum Gasteiger partial charge on any atom is -0.481 e. The lowest BCUT2D eigenvalue weighted by molar-refractivity contribution is -0.147. The number of aliphatic hydroxyl groups is 1. The van der Waals surface area contributed by atoms with Crippen molar-refractivity contribution in [1.29, 1.82) is 0 Å². The van der Waals surface area contributed by atoms with Crippen LogP contribution in [-0.2, 0) is 4.79 Å². The zero-order valence-corrected chi connectivity index (χ0v) is 11.1. The van der Waals surface area contributed by atoms with Crippen molar-refractivity contribution in [2.75, 3.05) is 0 Å². The van der Waals surface area contributed by atoms with E-state index < -0.39 is 11.6 Å². The van der Waals surface area contributed by atoms with E-state index in [4.69, 9.17) is 5.11 Å². The van der Waals surface area contributed by atoms with Crippen LogP contribution in [0.1, 0.15) is 31.2 Å². The molecule has 1 fully saturated rings. The molecule has 3 atom stereocenters. The fourth-order valence-corrected chi connectivity index (χ4v) is 3.63. The third-order valence-electron chi connectivity index (χ3n) is 4.57. The maximum absolute atomic E-state index is 13.0. The van der Waals surface area contributed by atoms with Crippen LogP contribution in [-0.4, -0.2) is 21.8 Å². The summed E-state index contributed by atoms with van der Waals surface area (Å²) >= 11 is 0. The number of hydrogen-bond donors (Lipinski definition) is 2. The average Bonchev–Trinajstić information content (AvgIpc) is 2.39. The van der Waals surface area contributed by atoms with Gasteiger partial charge in [0, 0.05) is 5.92 Å². The van der Waals surface area contributed by atoms with Gasteiger partial charge < -0.3 is 10.2 Å². The molecule has 0 aliphatic heterocycles. The Kier molecular flexibility index (Phi) is 3.13. The summed E-state index contributed by atoms with van der Waals surface area (Å²) in [5.41, 5.74) is 0.966. The van der Waals surface area contributed by atoms with Crippen LogP contribution in [0.25, 0.3) is 5.57 Å². The summed E-state index contributed by atoms with van der Waals surface area (Å²) < 4.78 is 13.0. The summed E-state index contributed by atoms with van der Waals surface area (Å²) in [6.45, 7) is 0. The summed E-state index contributed by atoms with van der Waals surface area (Å²) in [4.78, 5) is 10.9. The van der Waals surface area contributed by atoms with Gasteiger partial charge in [-0.05, 0) is 48.4 Å². The van der Waals surface area contributed by atoms with Gasteiger partial charge in [-0.1, -0.05) is 18.2 Å². The number of rotatable bonds is 3. The predicted molar refractivity (Wildman–Crippen MR) is 72.4 cm³/mol. The van der Waals surface area contributed by atoms with Crippen molar-refractivity contribution in [1.82, 2.24) is 0 Å². The monoisotopic (exact) mass is 276 g/mol. The lowest BCUT2D eigenvalue weighted by atomic mass is 9.61. The molecule has 3 aliphatic rings. The third kappa shape index (κ3) is 2.24. The first-order valence-electron chi connectivity index (χ1n) is 6.90. The normalized spacial score (nSPS) is 32.0. The van der Waals surface area contributed by atoms with Crippen LogP contribution in [0, 0.1) is 17.7 Å². The lowest BCUT2D eigenvalue weighted by Gasteiger charge is -2.47.